The van der Waals surface area contributed by atoms with Crippen molar-refractivity contribution in [2.75, 3.05) is 0 Å². The summed E-state index contributed by atoms with van der Waals surface area (Å²) in [5.74, 6) is 0.207. The summed E-state index contributed by atoms with van der Waals surface area (Å²) in [6.45, 7) is 2.03. The Hall–Kier alpha value is -2.89. The first kappa shape index (κ1) is 17.9. The summed E-state index contributed by atoms with van der Waals surface area (Å²) in [5, 5.41) is 3.04. The van der Waals surface area contributed by atoms with Gasteiger partial charge in [-0.3, -0.25) is 14.2 Å². The standard InChI is InChI=1S/C20H23N3O3/c1-13-4-6-14(7-5-13)18(15-8-9-15)21-17(24)11-10-16-12-22(2)20(26)23(3)19(16)25/h4-7,10-12,15,18H,8-9H2,1-3H3,(H,21,24)/b11-10-/t18-/m1/s1. The summed E-state index contributed by atoms with van der Waals surface area (Å²) in [7, 11) is 2.99. The fraction of sp³-hybridized carbons (Fsp3) is 0.350. The monoisotopic (exact) mass is 353 g/mol. The average Bonchev–Trinajstić information content (AvgIpc) is 3.45. The largest absolute Gasteiger partial charge is 0.345 e. The first-order valence-corrected chi connectivity index (χ1v) is 8.68. The molecule has 1 amide bonds. The second kappa shape index (κ2) is 7.15. The first-order valence-electron chi connectivity index (χ1n) is 8.68. The highest BCUT2D eigenvalue weighted by Crippen LogP contribution is 2.41. The minimum Gasteiger partial charge on any atom is -0.345 e. The van der Waals surface area contributed by atoms with Crippen LogP contribution >= 0.6 is 0 Å². The van der Waals surface area contributed by atoms with Crippen LogP contribution in [0.5, 0.6) is 0 Å². The van der Waals surface area contributed by atoms with E-state index < -0.39 is 11.2 Å². The summed E-state index contributed by atoms with van der Waals surface area (Å²) >= 11 is 0. The number of hydrogen-bond donors (Lipinski definition) is 1. The van der Waals surface area contributed by atoms with Crippen LogP contribution in [0, 0.1) is 12.8 Å². The van der Waals surface area contributed by atoms with Crippen LogP contribution in [0.25, 0.3) is 6.08 Å². The number of carbonyl (C=O) groups is 1. The van der Waals surface area contributed by atoms with Crippen molar-refractivity contribution in [1.29, 1.82) is 0 Å². The Morgan fingerprint density at radius 1 is 1.19 bits per heavy atom. The highest BCUT2D eigenvalue weighted by atomic mass is 16.2. The summed E-state index contributed by atoms with van der Waals surface area (Å²) in [4.78, 5) is 36.2. The van der Waals surface area contributed by atoms with Gasteiger partial charge in [0.15, 0.2) is 0 Å². The Kier molecular flexibility index (Phi) is 4.93. The molecule has 136 valence electrons. The van der Waals surface area contributed by atoms with Crippen molar-refractivity contribution in [2.45, 2.75) is 25.8 Å². The van der Waals surface area contributed by atoms with Crippen LogP contribution in [0.3, 0.4) is 0 Å². The molecule has 1 saturated carbocycles. The third-order valence-electron chi connectivity index (χ3n) is 4.71. The van der Waals surface area contributed by atoms with Gasteiger partial charge in [-0.15, -0.1) is 0 Å². The predicted molar refractivity (Wildman–Crippen MR) is 101 cm³/mol. The number of nitrogens with zero attached hydrogens (tertiary/aromatic N) is 2. The van der Waals surface area contributed by atoms with E-state index in [9.17, 15) is 14.4 Å². The number of amides is 1. The van der Waals surface area contributed by atoms with Crippen molar-refractivity contribution in [3.63, 3.8) is 0 Å². The van der Waals surface area contributed by atoms with Gasteiger partial charge in [-0.2, -0.15) is 0 Å². The maximum Gasteiger partial charge on any atom is 0.330 e. The summed E-state index contributed by atoms with van der Waals surface area (Å²) in [6.07, 6.45) is 6.45. The van der Waals surface area contributed by atoms with Crippen molar-refractivity contribution < 1.29 is 4.79 Å². The summed E-state index contributed by atoms with van der Waals surface area (Å²) in [5.41, 5.74) is 1.75. The lowest BCUT2D eigenvalue weighted by atomic mass is 10.0. The highest BCUT2D eigenvalue weighted by Gasteiger charge is 2.33. The molecule has 1 aromatic carbocycles. The van der Waals surface area contributed by atoms with E-state index in [1.54, 1.807) is 7.05 Å². The van der Waals surface area contributed by atoms with Crippen molar-refractivity contribution in [3.8, 4) is 0 Å². The molecule has 3 rings (SSSR count). The third-order valence-corrected chi connectivity index (χ3v) is 4.71. The Bertz CT molecular complexity index is 963. The molecule has 1 aromatic heterocycles. The van der Waals surface area contributed by atoms with Gasteiger partial charge in [-0.1, -0.05) is 29.8 Å². The molecule has 0 unspecified atom stereocenters. The summed E-state index contributed by atoms with van der Waals surface area (Å²) < 4.78 is 2.34. The average molecular weight is 353 g/mol. The Morgan fingerprint density at radius 3 is 2.46 bits per heavy atom. The van der Waals surface area contributed by atoms with Crippen LogP contribution in [0.1, 0.15) is 35.6 Å². The van der Waals surface area contributed by atoms with Crippen LogP contribution in [0.2, 0.25) is 0 Å². The molecule has 1 atom stereocenters. The van der Waals surface area contributed by atoms with Crippen molar-refractivity contribution in [1.82, 2.24) is 14.5 Å². The zero-order chi connectivity index (χ0) is 18.8. The Morgan fingerprint density at radius 2 is 1.85 bits per heavy atom. The highest BCUT2D eigenvalue weighted by molar-refractivity contribution is 5.91. The smallest absolute Gasteiger partial charge is 0.330 e. The predicted octanol–water partition coefficient (Wildman–Crippen LogP) is 1.67. The van der Waals surface area contributed by atoms with E-state index in [1.807, 2.05) is 31.2 Å². The quantitative estimate of drug-likeness (QED) is 0.831. The molecule has 1 heterocycles. The van der Waals surface area contributed by atoms with Crippen LogP contribution in [0.15, 0.2) is 46.1 Å². The number of aryl methyl sites for hydroxylation is 2. The van der Waals surface area contributed by atoms with E-state index in [2.05, 4.69) is 5.32 Å². The van der Waals surface area contributed by atoms with Gasteiger partial charge in [0, 0.05) is 26.4 Å². The fourth-order valence-electron chi connectivity index (χ4n) is 2.99. The zero-order valence-corrected chi connectivity index (χ0v) is 15.2. The maximum atomic E-state index is 12.4. The molecule has 6 heteroatoms. The molecule has 0 aliphatic heterocycles. The number of benzene rings is 1. The van der Waals surface area contributed by atoms with Crippen molar-refractivity contribution in [3.05, 3.63) is 74.1 Å². The van der Waals surface area contributed by atoms with Gasteiger partial charge in [0.1, 0.15) is 0 Å². The number of hydrogen-bond acceptors (Lipinski definition) is 3. The molecule has 6 nitrogen and oxygen atoms in total. The molecule has 1 aliphatic carbocycles. The second-order valence-corrected chi connectivity index (χ2v) is 6.91. The first-order chi connectivity index (χ1) is 12.4. The van der Waals surface area contributed by atoms with Crippen molar-refractivity contribution >= 4 is 12.0 Å². The topological polar surface area (TPSA) is 73.1 Å². The second-order valence-electron chi connectivity index (χ2n) is 6.91. The van der Waals surface area contributed by atoms with Gasteiger partial charge >= 0.3 is 5.69 Å². The van der Waals surface area contributed by atoms with E-state index in [1.165, 1.54) is 35.5 Å². The molecule has 1 N–H and O–H groups in total. The van der Waals surface area contributed by atoms with Gasteiger partial charge in [0.05, 0.1) is 11.6 Å². The fourth-order valence-corrected chi connectivity index (χ4v) is 2.99. The molecular formula is C20H23N3O3. The van der Waals surface area contributed by atoms with Gasteiger partial charge in [-0.05, 0) is 37.3 Å². The Balaban J connectivity index is 1.77. The number of aromatic nitrogens is 2. The van der Waals surface area contributed by atoms with Gasteiger partial charge in [0.25, 0.3) is 5.56 Å². The molecule has 1 aliphatic rings. The molecule has 0 saturated heterocycles. The maximum absolute atomic E-state index is 12.4. The molecule has 26 heavy (non-hydrogen) atoms. The molecule has 0 radical (unpaired) electrons. The summed E-state index contributed by atoms with van der Waals surface area (Å²) in [6, 6.07) is 8.16. The van der Waals surface area contributed by atoms with E-state index >= 15 is 0 Å². The minimum atomic E-state index is -0.422. The lowest BCUT2D eigenvalue weighted by molar-refractivity contribution is -0.117. The van der Waals surface area contributed by atoms with Gasteiger partial charge in [0.2, 0.25) is 5.91 Å². The van der Waals surface area contributed by atoms with E-state index in [4.69, 9.17) is 0 Å². The molecule has 1 fully saturated rings. The van der Waals surface area contributed by atoms with Gasteiger partial charge < -0.3 is 9.88 Å². The van der Waals surface area contributed by atoms with Gasteiger partial charge in [-0.25, -0.2) is 4.79 Å². The normalized spacial score (nSPS) is 15.2. The Labute approximate surface area is 151 Å². The lowest BCUT2D eigenvalue weighted by Crippen LogP contribution is -2.37. The van der Waals surface area contributed by atoms with Crippen LogP contribution in [0.4, 0.5) is 0 Å². The van der Waals surface area contributed by atoms with Crippen LogP contribution < -0.4 is 16.6 Å². The van der Waals surface area contributed by atoms with E-state index in [0.29, 0.717) is 11.5 Å². The zero-order valence-electron chi connectivity index (χ0n) is 15.2. The van der Waals surface area contributed by atoms with Crippen molar-refractivity contribution in [2.24, 2.45) is 20.0 Å². The van der Waals surface area contributed by atoms with E-state index in [0.717, 1.165) is 23.0 Å². The third kappa shape index (κ3) is 3.85. The SMILES string of the molecule is Cc1ccc([C@@H](NC(=O)/C=C\c2cn(C)c(=O)n(C)c2=O)C2CC2)cc1. The number of nitrogens with one attached hydrogen (secondary N) is 1. The minimum absolute atomic E-state index is 0.0179. The number of carbonyl (C=O) groups excluding carboxylic acids is 1. The van der Waals surface area contributed by atoms with Crippen LogP contribution in [-0.4, -0.2) is 15.0 Å². The van der Waals surface area contributed by atoms with E-state index in [-0.39, 0.29) is 11.9 Å². The molecule has 0 bridgehead atoms. The number of rotatable bonds is 5. The molecular weight excluding hydrogens is 330 g/mol. The molecule has 2 aromatic rings. The molecule has 0 spiro atoms. The lowest BCUT2D eigenvalue weighted by Gasteiger charge is -2.18. The van der Waals surface area contributed by atoms with Crippen LogP contribution in [-0.2, 0) is 18.9 Å².